The average Bonchev–Trinajstić information content (AvgIpc) is 3.28. The Balaban J connectivity index is 1.98. The molecule has 2 aromatic rings. The van der Waals surface area contributed by atoms with Crippen LogP contribution in [0.15, 0.2) is 30.5 Å². The smallest absolute Gasteiger partial charge is 0.254 e. The van der Waals surface area contributed by atoms with Gasteiger partial charge in [-0.15, -0.1) is 5.10 Å². The van der Waals surface area contributed by atoms with E-state index in [4.69, 9.17) is 5.73 Å². The van der Waals surface area contributed by atoms with Gasteiger partial charge < -0.3 is 21.7 Å². The molecule has 32 heavy (non-hydrogen) atoms. The Morgan fingerprint density at radius 3 is 2.69 bits per heavy atom. The van der Waals surface area contributed by atoms with Crippen molar-refractivity contribution in [2.24, 2.45) is 11.7 Å². The van der Waals surface area contributed by atoms with Crippen molar-refractivity contribution in [3.8, 4) is 5.69 Å². The molecular weight excluding hydrogens is 410 g/mol. The molecule has 1 aromatic heterocycles. The van der Waals surface area contributed by atoms with E-state index in [9.17, 15) is 14.4 Å². The summed E-state index contributed by atoms with van der Waals surface area (Å²) in [6, 6.07) is 5.46. The van der Waals surface area contributed by atoms with Crippen LogP contribution in [-0.4, -0.2) is 51.3 Å². The minimum Gasteiger partial charge on any atom is -0.349 e. The van der Waals surface area contributed by atoms with Gasteiger partial charge in [0, 0.05) is 0 Å². The molecule has 0 saturated heterocycles. The van der Waals surface area contributed by atoms with Crippen LogP contribution in [0.1, 0.15) is 55.6 Å². The number of nitrogens with zero attached hydrogens (tertiary/aromatic N) is 3. The van der Waals surface area contributed by atoms with E-state index in [0.717, 1.165) is 6.42 Å². The first-order valence-corrected chi connectivity index (χ1v) is 11.0. The maximum atomic E-state index is 13.2. The molecule has 5 N–H and O–H groups in total. The van der Waals surface area contributed by atoms with E-state index < -0.39 is 12.1 Å². The highest BCUT2D eigenvalue weighted by molar-refractivity contribution is 6.01. The fraction of sp³-hybridized carbons (Fsp3) is 0.500. The normalized spacial score (nSPS) is 20.4. The predicted octanol–water partition coefficient (Wildman–Crippen LogP) is 0.655. The topological polar surface area (TPSA) is 144 Å². The molecule has 172 valence electrons. The van der Waals surface area contributed by atoms with E-state index >= 15 is 0 Å². The Bertz CT molecular complexity index is 959. The number of hydrogen-bond acceptors (Lipinski definition) is 6. The molecule has 3 atom stereocenters. The van der Waals surface area contributed by atoms with E-state index in [1.54, 1.807) is 30.5 Å². The van der Waals surface area contributed by atoms with Crippen molar-refractivity contribution in [2.45, 2.75) is 58.2 Å². The van der Waals surface area contributed by atoms with Gasteiger partial charge in [0.25, 0.3) is 5.91 Å². The van der Waals surface area contributed by atoms with Gasteiger partial charge in [-0.3, -0.25) is 14.4 Å². The van der Waals surface area contributed by atoms with Crippen molar-refractivity contribution in [3.63, 3.8) is 0 Å². The first kappa shape index (κ1) is 23.4. The molecule has 1 aliphatic rings. The lowest BCUT2D eigenvalue weighted by Gasteiger charge is -2.27. The minimum atomic E-state index is -0.792. The first-order valence-electron chi connectivity index (χ1n) is 11.0. The number of nitrogens with one attached hydrogen (secondary N) is 3. The summed E-state index contributed by atoms with van der Waals surface area (Å²) in [4.78, 5) is 39.2. The molecule has 10 heteroatoms. The summed E-state index contributed by atoms with van der Waals surface area (Å²) >= 11 is 0. The Hall–Kier alpha value is -3.27. The molecule has 0 radical (unpaired) electrons. The Morgan fingerprint density at radius 2 is 1.94 bits per heavy atom. The third-order valence-electron chi connectivity index (χ3n) is 5.74. The monoisotopic (exact) mass is 441 g/mol. The van der Waals surface area contributed by atoms with Crippen molar-refractivity contribution in [1.29, 1.82) is 0 Å². The fourth-order valence-electron chi connectivity index (χ4n) is 3.61. The van der Waals surface area contributed by atoms with Gasteiger partial charge in [-0.2, -0.15) is 0 Å². The van der Waals surface area contributed by atoms with Crippen LogP contribution in [0, 0.1) is 5.92 Å². The van der Waals surface area contributed by atoms with Gasteiger partial charge in [0.15, 0.2) is 0 Å². The second-order valence-corrected chi connectivity index (χ2v) is 8.07. The summed E-state index contributed by atoms with van der Waals surface area (Å²) < 4.78 is 1.50. The van der Waals surface area contributed by atoms with Crippen LogP contribution in [-0.2, 0) is 16.1 Å². The summed E-state index contributed by atoms with van der Waals surface area (Å²) in [5.74, 6) is -1.22. The number of unbranched alkanes of at least 4 members (excludes halogenated alkanes) is 1. The third-order valence-corrected chi connectivity index (χ3v) is 5.74. The van der Waals surface area contributed by atoms with Gasteiger partial charge in [-0.25, -0.2) is 4.68 Å². The zero-order valence-electron chi connectivity index (χ0n) is 18.5. The van der Waals surface area contributed by atoms with E-state index in [1.807, 2.05) is 13.8 Å². The van der Waals surface area contributed by atoms with Crippen LogP contribution in [0.2, 0.25) is 0 Å². The molecule has 0 aliphatic carbocycles. The number of para-hydroxylation sites is 1. The molecule has 0 spiro atoms. The number of nitrogens with two attached hydrogens (primary N) is 1. The van der Waals surface area contributed by atoms with Gasteiger partial charge in [-0.1, -0.05) is 37.6 Å². The van der Waals surface area contributed by atoms with Crippen LogP contribution in [0.25, 0.3) is 5.69 Å². The number of rotatable bonds is 6. The summed E-state index contributed by atoms with van der Waals surface area (Å²) in [6.45, 7) is 4.51. The zero-order valence-corrected chi connectivity index (χ0v) is 18.5. The maximum absolute atomic E-state index is 13.2. The molecule has 0 fully saturated rings. The molecule has 1 aliphatic heterocycles. The molecular formula is C22H31N7O3. The highest BCUT2D eigenvalue weighted by Gasteiger charge is 2.31. The molecule has 2 bridgehead atoms. The predicted molar refractivity (Wildman–Crippen MR) is 119 cm³/mol. The number of aromatic nitrogens is 3. The Morgan fingerprint density at radius 1 is 1.16 bits per heavy atom. The number of carbonyl (C=O) groups is 3. The fourth-order valence-corrected chi connectivity index (χ4v) is 3.61. The average molecular weight is 442 g/mol. The molecule has 1 aromatic carbocycles. The van der Waals surface area contributed by atoms with Crippen LogP contribution in [0.4, 0.5) is 0 Å². The molecule has 10 nitrogen and oxygen atoms in total. The van der Waals surface area contributed by atoms with E-state index in [2.05, 4.69) is 26.3 Å². The van der Waals surface area contributed by atoms with Crippen molar-refractivity contribution in [2.75, 3.05) is 6.54 Å². The van der Waals surface area contributed by atoms with Crippen LogP contribution in [0.3, 0.4) is 0 Å². The van der Waals surface area contributed by atoms with Crippen molar-refractivity contribution < 1.29 is 14.4 Å². The molecule has 0 saturated carbocycles. The lowest BCUT2D eigenvalue weighted by molar-refractivity contribution is -0.130. The molecule has 2 heterocycles. The number of carbonyl (C=O) groups excluding carboxylic acids is 3. The van der Waals surface area contributed by atoms with Crippen LogP contribution >= 0.6 is 0 Å². The highest BCUT2D eigenvalue weighted by Crippen LogP contribution is 2.17. The third kappa shape index (κ3) is 5.50. The maximum Gasteiger partial charge on any atom is 0.254 e. The standard InChI is InChI=1S/C22H31N7O3/c1-3-14(2)19-22(32)25-17(9-6-7-11-23)21(31)24-12-15-13-29(28-27-15)18-10-5-4-8-16(18)20(30)26-19/h4-5,8,10,13-14,17,19H,3,6-7,9,11-12,23H2,1-2H3,(H,24,31)(H,25,32)(H,26,30)/t14-,17-,19-/m0/s1. The van der Waals surface area contributed by atoms with Crippen molar-refractivity contribution in [3.05, 3.63) is 41.7 Å². The van der Waals surface area contributed by atoms with E-state index in [-0.39, 0.29) is 30.2 Å². The summed E-state index contributed by atoms with van der Waals surface area (Å²) in [6.07, 6.45) is 4.24. The largest absolute Gasteiger partial charge is 0.349 e. The number of amides is 3. The lowest BCUT2D eigenvalue weighted by Crippen LogP contribution is -2.55. The lowest BCUT2D eigenvalue weighted by atomic mass is 9.96. The SMILES string of the molecule is CC[C@H](C)[C@@H]1NC(=O)c2ccccc2-n2cc(nn2)CNC(=O)[C@H](CCCCN)NC1=O. The molecule has 3 amide bonds. The van der Waals surface area contributed by atoms with Crippen LogP contribution in [0.5, 0.6) is 0 Å². The van der Waals surface area contributed by atoms with Crippen molar-refractivity contribution >= 4 is 17.7 Å². The van der Waals surface area contributed by atoms with Gasteiger partial charge in [-0.05, 0) is 43.9 Å². The quantitative estimate of drug-likeness (QED) is 0.485. The molecule has 0 unspecified atom stereocenters. The van der Waals surface area contributed by atoms with Crippen molar-refractivity contribution in [1.82, 2.24) is 30.9 Å². The molecule has 3 rings (SSSR count). The Kier molecular flexibility index (Phi) is 7.93. The first-order chi connectivity index (χ1) is 15.4. The summed E-state index contributed by atoms with van der Waals surface area (Å²) in [7, 11) is 0. The van der Waals surface area contributed by atoms with Crippen LogP contribution < -0.4 is 21.7 Å². The van der Waals surface area contributed by atoms with Gasteiger partial charge in [0.05, 0.1) is 24.0 Å². The van der Waals surface area contributed by atoms with Gasteiger partial charge in [0.1, 0.15) is 17.8 Å². The second-order valence-electron chi connectivity index (χ2n) is 8.07. The summed E-state index contributed by atoms with van der Waals surface area (Å²) in [5.41, 5.74) is 7.04. The second kappa shape index (κ2) is 10.9. The Labute approximate surface area is 187 Å². The minimum absolute atomic E-state index is 0.134. The zero-order chi connectivity index (χ0) is 23.1. The highest BCUT2D eigenvalue weighted by atomic mass is 16.2. The van der Waals surface area contributed by atoms with E-state index in [1.165, 1.54) is 4.68 Å². The number of benzene rings is 1. The van der Waals surface area contributed by atoms with E-state index in [0.29, 0.717) is 42.8 Å². The summed E-state index contributed by atoms with van der Waals surface area (Å²) in [5, 5.41) is 16.8. The van der Waals surface area contributed by atoms with Gasteiger partial charge >= 0.3 is 0 Å². The number of hydrogen-bond donors (Lipinski definition) is 4. The number of fused-ring (bicyclic) bond motifs is 4. The van der Waals surface area contributed by atoms with Gasteiger partial charge in [0.2, 0.25) is 11.8 Å².